The molecule has 4 rings (SSSR count). The molecule has 2 N–H and O–H groups in total. The molecule has 2 aromatic heterocycles. The summed E-state index contributed by atoms with van der Waals surface area (Å²) in [6.45, 7) is 3.93. The Labute approximate surface area is 183 Å². The lowest BCUT2D eigenvalue weighted by Gasteiger charge is -2.12. The Morgan fingerprint density at radius 3 is 2.65 bits per heavy atom. The molecule has 0 saturated heterocycles. The Kier molecular flexibility index (Phi) is 5.94. The number of aromatic nitrogens is 1. The van der Waals surface area contributed by atoms with E-state index in [4.69, 9.17) is 14.0 Å². The van der Waals surface area contributed by atoms with Crippen LogP contribution < -0.4 is 20.3 Å². The summed E-state index contributed by atoms with van der Waals surface area (Å²) < 4.78 is 16.3. The van der Waals surface area contributed by atoms with Crippen molar-refractivity contribution in [3.8, 4) is 11.5 Å². The monoisotopic (exact) mass is 441 g/mol. The summed E-state index contributed by atoms with van der Waals surface area (Å²) in [4.78, 5) is 26.7. The number of thiophene rings is 1. The highest BCUT2D eigenvalue weighted by atomic mass is 32.1. The van der Waals surface area contributed by atoms with Gasteiger partial charge in [-0.2, -0.15) is 0 Å². The first-order valence-electron chi connectivity index (χ1n) is 9.91. The molecule has 1 aliphatic carbocycles. The summed E-state index contributed by atoms with van der Waals surface area (Å²) in [5.41, 5.74) is 8.12. The minimum atomic E-state index is -0.451. The third kappa shape index (κ3) is 4.41. The highest BCUT2D eigenvalue weighted by molar-refractivity contribution is 7.14. The summed E-state index contributed by atoms with van der Waals surface area (Å²) in [5.74, 6) is 0.808. The third-order valence-electron chi connectivity index (χ3n) is 5.24. The second-order valence-electron chi connectivity index (χ2n) is 7.28. The molecule has 0 aliphatic heterocycles. The van der Waals surface area contributed by atoms with Crippen LogP contribution in [-0.2, 0) is 19.4 Å². The highest BCUT2D eigenvalue weighted by Crippen LogP contribution is 2.31. The van der Waals surface area contributed by atoms with Gasteiger partial charge in [-0.3, -0.25) is 20.4 Å². The van der Waals surface area contributed by atoms with E-state index in [1.807, 2.05) is 19.9 Å². The standard InChI is InChI=1S/C22H23N3O5S/c1-12-16(13(2)30-25-12)11-29-17-8-7-15(9-18(17)28-3)21(26)23-24-22(27)20-10-14-5-4-6-19(14)31-20/h7-10H,4-6,11H2,1-3H3,(H,23,26)(H,24,27). The van der Waals surface area contributed by atoms with Crippen molar-refractivity contribution in [1.29, 1.82) is 0 Å². The Morgan fingerprint density at radius 1 is 1.13 bits per heavy atom. The fraction of sp³-hybridized carbons (Fsp3) is 0.318. The number of amides is 2. The fourth-order valence-electron chi connectivity index (χ4n) is 3.47. The van der Waals surface area contributed by atoms with E-state index in [0.29, 0.717) is 27.7 Å². The van der Waals surface area contributed by atoms with Gasteiger partial charge in [0, 0.05) is 10.4 Å². The van der Waals surface area contributed by atoms with Gasteiger partial charge in [-0.05, 0) is 62.9 Å². The molecular formula is C22H23N3O5S. The molecule has 0 bridgehead atoms. The average Bonchev–Trinajstić information content (AvgIpc) is 3.46. The maximum absolute atomic E-state index is 12.5. The van der Waals surface area contributed by atoms with Crippen molar-refractivity contribution in [3.05, 3.63) is 62.2 Å². The molecule has 0 spiro atoms. The zero-order valence-electron chi connectivity index (χ0n) is 17.5. The fourth-order valence-corrected chi connectivity index (χ4v) is 4.62. The van der Waals surface area contributed by atoms with Gasteiger partial charge < -0.3 is 14.0 Å². The van der Waals surface area contributed by atoms with Crippen molar-refractivity contribution < 1.29 is 23.6 Å². The zero-order chi connectivity index (χ0) is 22.0. The van der Waals surface area contributed by atoms with Gasteiger partial charge in [-0.1, -0.05) is 5.16 Å². The Balaban J connectivity index is 1.38. The predicted molar refractivity (Wildman–Crippen MR) is 115 cm³/mol. The SMILES string of the molecule is COc1cc(C(=O)NNC(=O)c2cc3c(s2)CCC3)ccc1OCc1c(C)noc1C. The number of carbonyl (C=O) groups excluding carboxylic acids is 2. The van der Waals surface area contributed by atoms with Crippen molar-refractivity contribution >= 4 is 23.2 Å². The topological polar surface area (TPSA) is 103 Å². The Bertz CT molecular complexity index is 1090. The number of hydrogen-bond acceptors (Lipinski definition) is 7. The van der Waals surface area contributed by atoms with Gasteiger partial charge in [0.05, 0.1) is 23.2 Å². The minimum absolute atomic E-state index is 0.268. The maximum atomic E-state index is 12.5. The van der Waals surface area contributed by atoms with Crippen LogP contribution in [0.5, 0.6) is 11.5 Å². The summed E-state index contributed by atoms with van der Waals surface area (Å²) in [5, 5.41) is 3.91. The Hall–Kier alpha value is -3.33. The molecule has 0 saturated carbocycles. The molecule has 2 heterocycles. The maximum Gasteiger partial charge on any atom is 0.279 e. The van der Waals surface area contributed by atoms with Gasteiger partial charge in [0.25, 0.3) is 11.8 Å². The van der Waals surface area contributed by atoms with Gasteiger partial charge in [-0.25, -0.2) is 0 Å². The van der Waals surface area contributed by atoms with Crippen molar-refractivity contribution in [1.82, 2.24) is 16.0 Å². The molecule has 2 amide bonds. The number of fused-ring (bicyclic) bond motifs is 1. The number of nitrogens with zero attached hydrogens (tertiary/aromatic N) is 1. The highest BCUT2D eigenvalue weighted by Gasteiger charge is 2.19. The smallest absolute Gasteiger partial charge is 0.279 e. The molecule has 31 heavy (non-hydrogen) atoms. The molecule has 0 atom stereocenters. The van der Waals surface area contributed by atoms with E-state index in [9.17, 15) is 9.59 Å². The number of methoxy groups -OCH3 is 1. The second-order valence-corrected chi connectivity index (χ2v) is 8.41. The third-order valence-corrected chi connectivity index (χ3v) is 6.47. The summed E-state index contributed by atoms with van der Waals surface area (Å²) in [6, 6.07) is 6.72. The molecule has 1 aliphatic rings. The van der Waals surface area contributed by atoms with Crippen LogP contribution in [0.15, 0.2) is 28.8 Å². The Morgan fingerprint density at radius 2 is 1.94 bits per heavy atom. The number of aryl methyl sites for hydroxylation is 4. The van der Waals surface area contributed by atoms with E-state index in [1.54, 1.807) is 18.2 Å². The van der Waals surface area contributed by atoms with Gasteiger partial charge in [0.15, 0.2) is 11.5 Å². The summed E-state index contributed by atoms with van der Waals surface area (Å²) in [6.07, 6.45) is 3.17. The normalized spacial score (nSPS) is 12.4. The first kappa shape index (κ1) is 20.9. The van der Waals surface area contributed by atoms with Crippen LogP contribution in [0.2, 0.25) is 0 Å². The lowest BCUT2D eigenvalue weighted by atomic mass is 10.2. The number of hydrogen-bond donors (Lipinski definition) is 2. The largest absolute Gasteiger partial charge is 0.493 e. The molecule has 3 aromatic rings. The molecule has 8 nitrogen and oxygen atoms in total. The van der Waals surface area contributed by atoms with E-state index in [2.05, 4.69) is 16.0 Å². The number of rotatable bonds is 6. The zero-order valence-corrected chi connectivity index (χ0v) is 18.4. The van der Waals surface area contributed by atoms with Crippen molar-refractivity contribution in [2.45, 2.75) is 39.7 Å². The molecule has 0 radical (unpaired) electrons. The van der Waals surface area contributed by atoms with Gasteiger partial charge >= 0.3 is 0 Å². The molecular weight excluding hydrogens is 418 g/mol. The summed E-state index contributed by atoms with van der Waals surface area (Å²) in [7, 11) is 1.50. The van der Waals surface area contributed by atoms with Crippen LogP contribution in [0.25, 0.3) is 0 Å². The van der Waals surface area contributed by atoms with Gasteiger partial charge in [0.2, 0.25) is 0 Å². The number of hydrazine groups is 1. The van der Waals surface area contributed by atoms with Crippen LogP contribution in [0.1, 0.15) is 53.9 Å². The molecule has 9 heteroatoms. The van der Waals surface area contributed by atoms with Crippen LogP contribution in [0, 0.1) is 13.8 Å². The number of ether oxygens (including phenoxy) is 2. The number of carbonyl (C=O) groups is 2. The molecule has 1 aromatic carbocycles. The quantitative estimate of drug-likeness (QED) is 0.568. The summed E-state index contributed by atoms with van der Waals surface area (Å²) >= 11 is 1.48. The van der Waals surface area contributed by atoms with Gasteiger partial charge in [-0.15, -0.1) is 11.3 Å². The van der Waals surface area contributed by atoms with Crippen molar-refractivity contribution in [2.75, 3.05) is 7.11 Å². The number of nitrogens with one attached hydrogen (secondary N) is 2. The average molecular weight is 442 g/mol. The van der Waals surface area contributed by atoms with E-state index in [0.717, 1.165) is 30.5 Å². The first-order chi connectivity index (χ1) is 15.0. The first-order valence-corrected chi connectivity index (χ1v) is 10.7. The van der Waals surface area contributed by atoms with Crippen LogP contribution >= 0.6 is 11.3 Å². The van der Waals surface area contributed by atoms with Crippen molar-refractivity contribution in [3.63, 3.8) is 0 Å². The van der Waals surface area contributed by atoms with E-state index >= 15 is 0 Å². The molecule has 162 valence electrons. The van der Waals surface area contributed by atoms with E-state index in [-0.39, 0.29) is 12.5 Å². The lowest BCUT2D eigenvalue weighted by molar-refractivity contribution is 0.0848. The van der Waals surface area contributed by atoms with Crippen LogP contribution in [0.4, 0.5) is 0 Å². The van der Waals surface area contributed by atoms with Crippen molar-refractivity contribution in [2.24, 2.45) is 0 Å². The van der Waals surface area contributed by atoms with E-state index < -0.39 is 5.91 Å². The predicted octanol–water partition coefficient (Wildman–Crippen LogP) is 3.50. The minimum Gasteiger partial charge on any atom is -0.493 e. The second kappa shape index (κ2) is 8.81. The van der Waals surface area contributed by atoms with Gasteiger partial charge in [0.1, 0.15) is 12.4 Å². The van der Waals surface area contributed by atoms with E-state index in [1.165, 1.54) is 28.9 Å². The molecule has 0 fully saturated rings. The molecule has 0 unspecified atom stereocenters. The van der Waals surface area contributed by atoms with Crippen LogP contribution in [-0.4, -0.2) is 24.1 Å². The number of benzene rings is 1. The lowest BCUT2D eigenvalue weighted by Crippen LogP contribution is -2.41. The van der Waals surface area contributed by atoms with Crippen LogP contribution in [0.3, 0.4) is 0 Å².